The highest BCUT2D eigenvalue weighted by atomic mass is 28.4. The molecule has 2 heterocycles. The van der Waals surface area contributed by atoms with E-state index in [2.05, 4.69) is 53.9 Å². The molecule has 0 fully saturated rings. The molecule has 2 N–H and O–H groups in total. The fraction of sp³-hybridized carbons (Fsp3) is 0.533. The molecule has 24 heavy (non-hydrogen) atoms. The minimum Gasteiger partial charge on any atom is -0.408 e. The molecule has 1 atom stereocenters. The first-order valence-electron chi connectivity index (χ1n) is 7.73. The van der Waals surface area contributed by atoms with Gasteiger partial charge in [-0.3, -0.25) is 9.78 Å². The number of nitrogens with zero attached hydrogens (tertiary/aromatic N) is 5. The maximum atomic E-state index is 11.2. The van der Waals surface area contributed by atoms with Crippen LogP contribution in [0.5, 0.6) is 0 Å². The maximum Gasteiger partial charge on any atom is 0.288 e. The third-order valence-corrected chi connectivity index (χ3v) is 8.85. The number of carbonyl (C=O) groups is 1. The Balaban J connectivity index is 2.36. The molecule has 1 amide bonds. The molecule has 0 spiro atoms. The normalized spacial score (nSPS) is 13.8. The first-order chi connectivity index (χ1) is 11.0. The quantitative estimate of drug-likeness (QED) is 0.830. The van der Waals surface area contributed by atoms with E-state index in [1.165, 1.54) is 11.0 Å². The minimum atomic E-state index is -1.97. The van der Waals surface area contributed by atoms with E-state index < -0.39 is 14.2 Å². The van der Waals surface area contributed by atoms with Crippen molar-refractivity contribution in [3.8, 4) is 5.82 Å². The summed E-state index contributed by atoms with van der Waals surface area (Å²) in [6.45, 7) is 12.8. The van der Waals surface area contributed by atoms with Crippen molar-refractivity contribution in [2.45, 2.75) is 51.9 Å². The number of amides is 1. The second kappa shape index (κ2) is 6.40. The number of primary amides is 1. The van der Waals surface area contributed by atoms with Crippen LogP contribution in [-0.4, -0.2) is 39.0 Å². The number of nitrogens with two attached hydrogens (primary N) is 1. The molecule has 9 heteroatoms. The van der Waals surface area contributed by atoms with Gasteiger partial charge in [-0.1, -0.05) is 20.8 Å². The van der Waals surface area contributed by atoms with Gasteiger partial charge in [-0.05, 0) is 25.1 Å². The summed E-state index contributed by atoms with van der Waals surface area (Å²) < 4.78 is 7.78. The zero-order valence-corrected chi connectivity index (χ0v) is 15.9. The van der Waals surface area contributed by atoms with Crippen molar-refractivity contribution in [2.24, 2.45) is 5.73 Å². The molecule has 0 bridgehead atoms. The average Bonchev–Trinajstić information content (AvgIpc) is 2.95. The highest BCUT2D eigenvalue weighted by Gasteiger charge is 2.39. The predicted molar refractivity (Wildman–Crippen MR) is 92.2 cm³/mol. The summed E-state index contributed by atoms with van der Waals surface area (Å²) in [5.41, 5.74) is 5.84. The Morgan fingerprint density at radius 3 is 2.42 bits per heavy atom. The molecule has 0 saturated carbocycles. The van der Waals surface area contributed by atoms with E-state index in [1.807, 2.05) is 6.92 Å². The number of carbonyl (C=O) groups excluding carboxylic acids is 1. The lowest BCUT2D eigenvalue weighted by Crippen LogP contribution is -2.41. The maximum absolute atomic E-state index is 11.2. The first kappa shape index (κ1) is 18.2. The zero-order chi connectivity index (χ0) is 18.1. The molecular formula is C15H24N6O2Si. The summed E-state index contributed by atoms with van der Waals surface area (Å²) in [6.07, 6.45) is 4.29. The second-order valence-electron chi connectivity index (χ2n) is 7.16. The molecule has 0 aliphatic heterocycles. The van der Waals surface area contributed by atoms with Crippen LogP contribution in [0.25, 0.3) is 5.82 Å². The topological polar surface area (TPSA) is 109 Å². The van der Waals surface area contributed by atoms with E-state index in [9.17, 15) is 4.79 Å². The van der Waals surface area contributed by atoms with Crippen molar-refractivity contribution in [3.63, 3.8) is 0 Å². The second-order valence-corrected chi connectivity index (χ2v) is 11.9. The molecule has 0 aliphatic rings. The smallest absolute Gasteiger partial charge is 0.288 e. The van der Waals surface area contributed by atoms with Gasteiger partial charge in [0, 0.05) is 12.4 Å². The van der Waals surface area contributed by atoms with Crippen molar-refractivity contribution < 1.29 is 9.22 Å². The number of rotatable bonds is 5. The van der Waals surface area contributed by atoms with Crippen LogP contribution in [0.1, 0.15) is 50.1 Å². The van der Waals surface area contributed by atoms with Crippen molar-refractivity contribution in [1.29, 1.82) is 0 Å². The predicted octanol–water partition coefficient (Wildman–Crippen LogP) is 2.24. The lowest BCUT2D eigenvalue weighted by atomic mass is 10.2. The van der Waals surface area contributed by atoms with Crippen molar-refractivity contribution in [3.05, 3.63) is 30.2 Å². The Morgan fingerprint density at radius 2 is 1.88 bits per heavy atom. The monoisotopic (exact) mass is 348 g/mol. The van der Waals surface area contributed by atoms with Crippen LogP contribution in [0.4, 0.5) is 0 Å². The van der Waals surface area contributed by atoms with Gasteiger partial charge in [-0.15, -0.1) is 5.10 Å². The molecule has 8 nitrogen and oxygen atoms in total. The fourth-order valence-corrected chi connectivity index (χ4v) is 3.31. The van der Waals surface area contributed by atoms with Gasteiger partial charge in [0.25, 0.3) is 5.91 Å². The Kier molecular flexibility index (Phi) is 4.86. The van der Waals surface area contributed by atoms with Gasteiger partial charge in [0.1, 0.15) is 12.0 Å². The van der Waals surface area contributed by atoms with E-state index >= 15 is 0 Å². The van der Waals surface area contributed by atoms with Gasteiger partial charge in [-0.25, -0.2) is 9.97 Å². The largest absolute Gasteiger partial charge is 0.408 e. The molecule has 2 aromatic heterocycles. The Morgan fingerprint density at radius 1 is 1.25 bits per heavy atom. The molecule has 2 aromatic rings. The van der Waals surface area contributed by atoms with Crippen LogP contribution in [-0.2, 0) is 4.43 Å². The zero-order valence-electron chi connectivity index (χ0n) is 14.9. The molecule has 1 unspecified atom stereocenters. The fourth-order valence-electron chi connectivity index (χ4n) is 1.96. The number of aromatic nitrogens is 5. The Labute approximate surface area is 142 Å². The highest BCUT2D eigenvalue weighted by molar-refractivity contribution is 6.74. The molecular weight excluding hydrogens is 324 g/mol. The minimum absolute atomic E-state index is 0.0652. The highest BCUT2D eigenvalue weighted by Crippen LogP contribution is 2.39. The summed E-state index contributed by atoms with van der Waals surface area (Å²) in [4.78, 5) is 23.8. The van der Waals surface area contributed by atoms with Gasteiger partial charge in [0.2, 0.25) is 5.82 Å². The summed E-state index contributed by atoms with van der Waals surface area (Å²) in [5.74, 6) is -0.280. The third-order valence-electron chi connectivity index (χ3n) is 4.30. The average molecular weight is 348 g/mol. The summed E-state index contributed by atoms with van der Waals surface area (Å²) in [5, 5.41) is 4.13. The standard InChI is InChI=1S/C15H24N6O2Si/c1-10(23-24(5,6)15(2,3)4)11-14(18-8-7-17-11)21-9-19-13(20-21)12(16)22/h7-10H,1-6H3,(H2,16,22). The van der Waals surface area contributed by atoms with Gasteiger partial charge in [-0.2, -0.15) is 4.68 Å². The van der Waals surface area contributed by atoms with Crippen LogP contribution in [0.2, 0.25) is 18.1 Å². The molecule has 0 aliphatic carbocycles. The first-order valence-corrected chi connectivity index (χ1v) is 10.6. The van der Waals surface area contributed by atoms with Crippen LogP contribution in [0.3, 0.4) is 0 Å². The van der Waals surface area contributed by atoms with Gasteiger partial charge in [0.05, 0.1) is 6.10 Å². The van der Waals surface area contributed by atoms with Crippen LogP contribution in [0.15, 0.2) is 18.7 Å². The SMILES string of the molecule is CC(O[Si](C)(C)C(C)(C)C)c1nccnc1-n1cnc(C(N)=O)n1. The van der Waals surface area contributed by atoms with Gasteiger partial charge < -0.3 is 10.2 Å². The van der Waals surface area contributed by atoms with E-state index in [0.717, 1.165) is 0 Å². The lowest BCUT2D eigenvalue weighted by molar-refractivity contribution is 0.0990. The molecule has 0 aromatic carbocycles. The van der Waals surface area contributed by atoms with E-state index in [0.29, 0.717) is 11.5 Å². The van der Waals surface area contributed by atoms with Crippen molar-refractivity contribution in [1.82, 2.24) is 24.7 Å². The van der Waals surface area contributed by atoms with E-state index in [1.54, 1.807) is 12.4 Å². The van der Waals surface area contributed by atoms with Crippen LogP contribution in [0, 0.1) is 0 Å². The number of hydrogen-bond acceptors (Lipinski definition) is 6. The number of hydrogen-bond donors (Lipinski definition) is 1. The summed E-state index contributed by atoms with van der Waals surface area (Å²) in [7, 11) is -1.97. The molecule has 2 rings (SSSR count). The van der Waals surface area contributed by atoms with E-state index in [-0.39, 0.29) is 17.0 Å². The Bertz CT molecular complexity index is 738. The van der Waals surface area contributed by atoms with Crippen LogP contribution >= 0.6 is 0 Å². The molecule has 130 valence electrons. The summed E-state index contributed by atoms with van der Waals surface area (Å²) in [6, 6.07) is 0. The lowest BCUT2D eigenvalue weighted by Gasteiger charge is -2.38. The van der Waals surface area contributed by atoms with Crippen molar-refractivity contribution in [2.75, 3.05) is 0 Å². The van der Waals surface area contributed by atoms with Crippen molar-refractivity contribution >= 4 is 14.2 Å². The van der Waals surface area contributed by atoms with Gasteiger partial charge >= 0.3 is 0 Å². The van der Waals surface area contributed by atoms with Gasteiger partial charge in [0.15, 0.2) is 14.1 Å². The van der Waals surface area contributed by atoms with Crippen LogP contribution < -0.4 is 5.73 Å². The van der Waals surface area contributed by atoms with E-state index in [4.69, 9.17) is 10.2 Å². The molecule has 0 saturated heterocycles. The molecule has 0 radical (unpaired) electrons. The summed E-state index contributed by atoms with van der Waals surface area (Å²) >= 11 is 0. The Hall–Kier alpha value is -2.13. The third kappa shape index (κ3) is 3.67.